The Labute approximate surface area is 90.1 Å². The molecule has 1 heterocycles. The van der Waals surface area contributed by atoms with Gasteiger partial charge in [-0.2, -0.15) is 0 Å². The number of hydrogen-bond acceptors (Lipinski definition) is 4. The van der Waals surface area contributed by atoms with Crippen LogP contribution >= 0.6 is 0 Å². The number of hydrogen-bond donors (Lipinski definition) is 3. The molecule has 0 aromatic heterocycles. The Morgan fingerprint density at radius 3 is 2.87 bits per heavy atom. The summed E-state index contributed by atoms with van der Waals surface area (Å²) in [5.74, 6) is 5.98. The molecule has 1 rings (SSSR count). The van der Waals surface area contributed by atoms with E-state index in [0.717, 1.165) is 0 Å². The molecular formula is C9H20N4O2. The quantitative estimate of drug-likeness (QED) is 0.224. The molecule has 1 aliphatic heterocycles. The van der Waals surface area contributed by atoms with Crippen LogP contribution in [-0.2, 0) is 4.74 Å². The first kappa shape index (κ1) is 12.2. The first-order chi connectivity index (χ1) is 7.02. The average Bonchev–Trinajstić information content (AvgIpc) is 2.17. The van der Waals surface area contributed by atoms with Crippen LogP contribution < -0.4 is 11.3 Å². The zero-order valence-electron chi connectivity index (χ0n) is 9.53. The van der Waals surface area contributed by atoms with E-state index in [1.807, 2.05) is 18.7 Å². The molecule has 0 saturated carbocycles. The number of nitrogens with zero attached hydrogens (tertiary/aromatic N) is 2. The van der Waals surface area contributed by atoms with Crippen molar-refractivity contribution in [3.63, 3.8) is 0 Å². The minimum Gasteiger partial charge on any atom is -0.394 e. The minimum absolute atomic E-state index is 0.00148. The Morgan fingerprint density at radius 2 is 2.40 bits per heavy atom. The molecule has 4 N–H and O–H groups in total. The van der Waals surface area contributed by atoms with Crippen LogP contribution in [0.3, 0.4) is 0 Å². The Balaban J connectivity index is 2.74. The number of aliphatic hydroxyl groups is 1. The largest absolute Gasteiger partial charge is 0.394 e. The van der Waals surface area contributed by atoms with Gasteiger partial charge < -0.3 is 14.7 Å². The third-order valence-electron chi connectivity index (χ3n) is 2.33. The summed E-state index contributed by atoms with van der Waals surface area (Å²) in [7, 11) is 1.67. The molecule has 0 aromatic carbocycles. The van der Waals surface area contributed by atoms with Crippen molar-refractivity contribution >= 4 is 5.96 Å². The van der Waals surface area contributed by atoms with E-state index in [9.17, 15) is 0 Å². The van der Waals surface area contributed by atoms with Crippen molar-refractivity contribution in [3.8, 4) is 0 Å². The van der Waals surface area contributed by atoms with Crippen LogP contribution in [0, 0.1) is 0 Å². The molecule has 0 radical (unpaired) electrons. The number of ether oxygens (including phenoxy) is 1. The molecule has 88 valence electrons. The van der Waals surface area contributed by atoms with E-state index >= 15 is 0 Å². The highest BCUT2D eigenvalue weighted by Gasteiger charge is 2.34. The lowest BCUT2D eigenvalue weighted by atomic mass is 10.1. The van der Waals surface area contributed by atoms with Crippen LogP contribution in [-0.4, -0.2) is 54.4 Å². The first-order valence-electron chi connectivity index (χ1n) is 4.99. The van der Waals surface area contributed by atoms with Gasteiger partial charge in [-0.3, -0.25) is 10.4 Å². The number of nitrogens with two attached hydrogens (primary N) is 1. The van der Waals surface area contributed by atoms with E-state index in [1.165, 1.54) is 0 Å². The van der Waals surface area contributed by atoms with Gasteiger partial charge in [-0.1, -0.05) is 0 Å². The summed E-state index contributed by atoms with van der Waals surface area (Å²) in [5.41, 5.74) is 2.24. The lowest BCUT2D eigenvalue weighted by molar-refractivity contribution is -0.135. The summed E-state index contributed by atoms with van der Waals surface area (Å²) in [6.45, 7) is 5.25. The van der Waals surface area contributed by atoms with E-state index in [0.29, 0.717) is 19.0 Å². The second-order valence-corrected chi connectivity index (χ2v) is 4.25. The molecule has 1 unspecified atom stereocenters. The Hall–Kier alpha value is -0.850. The van der Waals surface area contributed by atoms with E-state index in [1.54, 1.807) is 7.05 Å². The number of aliphatic imine (C=N–C) groups is 1. The van der Waals surface area contributed by atoms with Gasteiger partial charge in [-0.15, -0.1) is 0 Å². The van der Waals surface area contributed by atoms with Gasteiger partial charge in [0.15, 0.2) is 0 Å². The van der Waals surface area contributed by atoms with Crippen molar-refractivity contribution in [2.24, 2.45) is 10.8 Å². The number of nitrogens with one attached hydrogen (secondary N) is 1. The molecule has 0 aromatic rings. The molecule has 1 saturated heterocycles. The molecule has 1 aliphatic rings. The maximum absolute atomic E-state index is 9.13. The van der Waals surface area contributed by atoms with Crippen molar-refractivity contribution < 1.29 is 9.84 Å². The van der Waals surface area contributed by atoms with E-state index in [-0.39, 0.29) is 18.3 Å². The number of rotatable bonds is 1. The third-order valence-corrected chi connectivity index (χ3v) is 2.33. The van der Waals surface area contributed by atoms with Gasteiger partial charge in [0, 0.05) is 20.1 Å². The van der Waals surface area contributed by atoms with Gasteiger partial charge in [0.05, 0.1) is 18.3 Å². The van der Waals surface area contributed by atoms with Crippen molar-refractivity contribution in [2.45, 2.75) is 25.6 Å². The fourth-order valence-electron chi connectivity index (χ4n) is 1.85. The smallest absolute Gasteiger partial charge is 0.208 e. The molecule has 0 amide bonds. The highest BCUT2D eigenvalue weighted by atomic mass is 16.5. The maximum atomic E-state index is 9.13. The second-order valence-electron chi connectivity index (χ2n) is 4.25. The third kappa shape index (κ3) is 3.05. The van der Waals surface area contributed by atoms with E-state index in [2.05, 4.69) is 10.4 Å². The van der Waals surface area contributed by atoms with Crippen molar-refractivity contribution in [3.05, 3.63) is 0 Å². The van der Waals surface area contributed by atoms with Crippen molar-refractivity contribution in [2.75, 3.05) is 26.7 Å². The van der Waals surface area contributed by atoms with Gasteiger partial charge in [0.25, 0.3) is 0 Å². The summed E-state index contributed by atoms with van der Waals surface area (Å²) in [5, 5.41) is 9.13. The summed E-state index contributed by atoms with van der Waals surface area (Å²) >= 11 is 0. The van der Waals surface area contributed by atoms with Gasteiger partial charge in [-0.25, -0.2) is 5.84 Å². The highest BCUT2D eigenvalue weighted by molar-refractivity contribution is 5.79. The number of hydrazine groups is 1. The fourth-order valence-corrected chi connectivity index (χ4v) is 1.85. The standard InChI is InChI=1S/C9H20N4O2/c1-9(2)6-13(8(11-3)12-10)4-7(5-14)15-9/h7,14H,4-6,10H2,1-3H3,(H,11,12). The lowest BCUT2D eigenvalue weighted by Gasteiger charge is -2.43. The topological polar surface area (TPSA) is 83.1 Å². The van der Waals surface area contributed by atoms with Crippen LogP contribution in [0.25, 0.3) is 0 Å². The molecule has 0 bridgehead atoms. The SMILES string of the molecule is CN=C(NN)N1CC(CO)OC(C)(C)C1. The summed E-state index contributed by atoms with van der Waals surface area (Å²) in [6.07, 6.45) is -0.196. The molecule has 6 heteroatoms. The molecule has 0 spiro atoms. The predicted molar refractivity (Wildman–Crippen MR) is 58.3 cm³/mol. The van der Waals surface area contributed by atoms with Gasteiger partial charge in [0.2, 0.25) is 5.96 Å². The van der Waals surface area contributed by atoms with E-state index in [4.69, 9.17) is 15.7 Å². The fraction of sp³-hybridized carbons (Fsp3) is 0.889. The summed E-state index contributed by atoms with van der Waals surface area (Å²) < 4.78 is 5.68. The van der Waals surface area contributed by atoms with E-state index < -0.39 is 0 Å². The molecule has 6 nitrogen and oxygen atoms in total. The Bertz CT molecular complexity index is 242. The molecule has 1 fully saturated rings. The Kier molecular flexibility index (Phi) is 3.90. The lowest BCUT2D eigenvalue weighted by Crippen LogP contribution is -2.59. The van der Waals surface area contributed by atoms with Gasteiger partial charge in [-0.05, 0) is 13.8 Å². The molecule has 1 atom stereocenters. The normalized spacial score (nSPS) is 26.6. The first-order valence-corrected chi connectivity index (χ1v) is 4.99. The zero-order chi connectivity index (χ0) is 11.5. The van der Waals surface area contributed by atoms with Crippen LogP contribution in [0.2, 0.25) is 0 Å². The number of guanidine groups is 1. The summed E-state index contributed by atoms with van der Waals surface area (Å²) in [4.78, 5) is 6.01. The maximum Gasteiger partial charge on any atom is 0.208 e. The van der Waals surface area contributed by atoms with Crippen LogP contribution in [0.4, 0.5) is 0 Å². The highest BCUT2D eigenvalue weighted by Crippen LogP contribution is 2.20. The average molecular weight is 216 g/mol. The predicted octanol–water partition coefficient (Wildman–Crippen LogP) is -1.09. The Morgan fingerprint density at radius 1 is 1.73 bits per heavy atom. The van der Waals surface area contributed by atoms with Crippen LogP contribution in [0.15, 0.2) is 4.99 Å². The second kappa shape index (κ2) is 4.78. The molecule has 0 aliphatic carbocycles. The number of morpholine rings is 1. The minimum atomic E-state index is -0.307. The summed E-state index contributed by atoms with van der Waals surface area (Å²) in [6, 6.07) is 0. The number of aliphatic hydroxyl groups excluding tert-OH is 1. The van der Waals surface area contributed by atoms with Gasteiger partial charge in [0.1, 0.15) is 0 Å². The zero-order valence-corrected chi connectivity index (χ0v) is 9.53. The van der Waals surface area contributed by atoms with Crippen molar-refractivity contribution in [1.82, 2.24) is 10.3 Å². The molecule has 15 heavy (non-hydrogen) atoms. The van der Waals surface area contributed by atoms with Crippen LogP contribution in [0.1, 0.15) is 13.8 Å². The van der Waals surface area contributed by atoms with Crippen LogP contribution in [0.5, 0.6) is 0 Å². The van der Waals surface area contributed by atoms with Crippen molar-refractivity contribution in [1.29, 1.82) is 0 Å². The molecular weight excluding hydrogens is 196 g/mol. The van der Waals surface area contributed by atoms with Gasteiger partial charge >= 0.3 is 0 Å². The monoisotopic (exact) mass is 216 g/mol.